The van der Waals surface area contributed by atoms with E-state index in [4.69, 9.17) is 16.3 Å². The quantitative estimate of drug-likeness (QED) is 0.723. The lowest BCUT2D eigenvalue weighted by molar-refractivity contribution is 0.0540. The fourth-order valence-electron chi connectivity index (χ4n) is 3.39. The topological polar surface area (TPSA) is 79.0 Å². The van der Waals surface area contributed by atoms with E-state index in [1.54, 1.807) is 29.2 Å². The van der Waals surface area contributed by atoms with Gasteiger partial charge in [-0.25, -0.2) is 8.42 Å². The number of carbonyl (C=O) groups is 1. The zero-order chi connectivity index (χ0) is 19.3. The summed E-state index contributed by atoms with van der Waals surface area (Å²) < 4.78 is 32.4. The monoisotopic (exact) mass is 415 g/mol. The second-order valence-electron chi connectivity index (χ2n) is 6.86. The smallest absolute Gasteiger partial charge is 0.254 e. The number of hydrogen-bond donors (Lipinski definition) is 1. The van der Waals surface area contributed by atoms with E-state index >= 15 is 0 Å². The minimum Gasteiger partial charge on any atom is -0.376 e. The van der Waals surface area contributed by atoms with Gasteiger partial charge in [0.2, 0.25) is 10.0 Å². The highest BCUT2D eigenvalue weighted by Gasteiger charge is 2.28. The molecule has 1 N–H and O–H groups in total. The van der Waals surface area contributed by atoms with E-state index < -0.39 is 10.0 Å². The van der Waals surface area contributed by atoms with Crippen molar-refractivity contribution in [3.63, 3.8) is 0 Å². The Bertz CT molecular complexity index is 747. The number of halogens is 1. The second-order valence-corrected chi connectivity index (χ2v) is 9.39. The van der Waals surface area contributed by atoms with Crippen molar-refractivity contribution in [3.05, 3.63) is 34.9 Å². The first-order valence-corrected chi connectivity index (χ1v) is 11.3. The number of nitrogens with zero attached hydrogens (tertiary/aromatic N) is 2. The number of amides is 1. The molecule has 2 aliphatic rings. The number of benzene rings is 1. The Balaban J connectivity index is 1.70. The molecule has 1 aromatic carbocycles. The van der Waals surface area contributed by atoms with Crippen molar-refractivity contribution in [2.45, 2.75) is 18.9 Å². The van der Waals surface area contributed by atoms with Crippen LogP contribution in [-0.4, -0.2) is 81.3 Å². The summed E-state index contributed by atoms with van der Waals surface area (Å²) >= 11 is 6.01. The number of nitrogens with one attached hydrogen (secondary N) is 1. The SMILES string of the molecule is O=C(c1cccc(Cl)c1)N(CCS(=O)(=O)N1CCNCC1)CC1CCCO1. The van der Waals surface area contributed by atoms with E-state index in [0.717, 1.165) is 12.8 Å². The third-order valence-electron chi connectivity index (χ3n) is 4.90. The molecular weight excluding hydrogens is 390 g/mol. The molecule has 3 rings (SSSR count). The van der Waals surface area contributed by atoms with Crippen LogP contribution in [0.25, 0.3) is 0 Å². The Morgan fingerprint density at radius 2 is 2.11 bits per heavy atom. The molecule has 0 aliphatic carbocycles. The van der Waals surface area contributed by atoms with Gasteiger partial charge in [-0.2, -0.15) is 4.31 Å². The van der Waals surface area contributed by atoms with Crippen LogP contribution in [0.4, 0.5) is 0 Å². The van der Waals surface area contributed by atoms with Gasteiger partial charge in [-0.15, -0.1) is 0 Å². The van der Waals surface area contributed by atoms with E-state index in [1.165, 1.54) is 4.31 Å². The summed E-state index contributed by atoms with van der Waals surface area (Å²) in [6.07, 6.45) is 1.79. The highest BCUT2D eigenvalue weighted by Crippen LogP contribution is 2.17. The summed E-state index contributed by atoms with van der Waals surface area (Å²) in [6.45, 7) is 3.45. The van der Waals surface area contributed by atoms with Crippen molar-refractivity contribution in [1.82, 2.24) is 14.5 Å². The van der Waals surface area contributed by atoms with Crippen LogP contribution in [0.3, 0.4) is 0 Å². The Morgan fingerprint density at radius 3 is 2.78 bits per heavy atom. The molecule has 27 heavy (non-hydrogen) atoms. The maximum Gasteiger partial charge on any atom is 0.254 e. The minimum atomic E-state index is -3.40. The van der Waals surface area contributed by atoms with Crippen molar-refractivity contribution in [1.29, 1.82) is 0 Å². The van der Waals surface area contributed by atoms with Gasteiger partial charge in [-0.1, -0.05) is 17.7 Å². The van der Waals surface area contributed by atoms with Gasteiger partial charge >= 0.3 is 0 Å². The molecule has 0 saturated carbocycles. The fraction of sp³-hybridized carbons (Fsp3) is 0.611. The third-order valence-corrected chi connectivity index (χ3v) is 6.98. The summed E-state index contributed by atoms with van der Waals surface area (Å²) in [5.74, 6) is -0.310. The lowest BCUT2D eigenvalue weighted by Gasteiger charge is -2.29. The van der Waals surface area contributed by atoms with Crippen LogP contribution in [0.1, 0.15) is 23.2 Å². The van der Waals surface area contributed by atoms with Gasteiger partial charge < -0.3 is 15.0 Å². The summed E-state index contributed by atoms with van der Waals surface area (Å²) in [4.78, 5) is 14.6. The number of piperazine rings is 1. The molecule has 2 aliphatic heterocycles. The molecule has 0 radical (unpaired) electrons. The summed E-state index contributed by atoms with van der Waals surface area (Å²) in [7, 11) is -3.40. The maximum absolute atomic E-state index is 13.0. The van der Waals surface area contributed by atoms with Crippen LogP contribution < -0.4 is 5.32 Å². The van der Waals surface area contributed by atoms with Crippen LogP contribution in [-0.2, 0) is 14.8 Å². The molecular formula is C18H26ClN3O4S. The highest BCUT2D eigenvalue weighted by atomic mass is 35.5. The molecule has 2 fully saturated rings. The van der Waals surface area contributed by atoms with Gasteiger partial charge in [0.05, 0.1) is 11.9 Å². The Labute approximate surface area is 165 Å². The van der Waals surface area contributed by atoms with Crippen LogP contribution in [0.2, 0.25) is 5.02 Å². The van der Waals surface area contributed by atoms with Crippen molar-refractivity contribution < 1.29 is 17.9 Å². The molecule has 0 bridgehead atoms. The van der Waals surface area contributed by atoms with Crippen molar-refractivity contribution in [2.24, 2.45) is 0 Å². The third kappa shape index (κ3) is 5.65. The predicted molar refractivity (Wildman–Crippen MR) is 105 cm³/mol. The predicted octanol–water partition coefficient (Wildman–Crippen LogP) is 1.20. The molecule has 1 atom stereocenters. The summed E-state index contributed by atoms with van der Waals surface area (Å²) in [6, 6.07) is 6.73. The summed E-state index contributed by atoms with van der Waals surface area (Å²) in [5, 5.41) is 3.62. The molecule has 2 saturated heterocycles. The molecule has 0 aromatic heterocycles. The molecule has 150 valence electrons. The zero-order valence-electron chi connectivity index (χ0n) is 15.3. The standard InChI is InChI=1S/C18H26ClN3O4S/c19-16-4-1-3-15(13-16)18(23)21(14-17-5-2-11-26-17)10-12-27(24,25)22-8-6-20-7-9-22/h1,3-4,13,17,20H,2,5-12,14H2. The lowest BCUT2D eigenvalue weighted by Crippen LogP contribution is -2.49. The lowest BCUT2D eigenvalue weighted by atomic mass is 10.1. The number of carbonyl (C=O) groups excluding carboxylic acids is 1. The number of rotatable bonds is 7. The molecule has 1 amide bonds. The van der Waals surface area contributed by atoms with E-state index in [0.29, 0.717) is 49.9 Å². The average molecular weight is 416 g/mol. The van der Waals surface area contributed by atoms with Gasteiger partial charge in [-0.3, -0.25) is 4.79 Å². The largest absolute Gasteiger partial charge is 0.376 e. The molecule has 9 heteroatoms. The van der Waals surface area contributed by atoms with Gasteiger partial charge in [0, 0.05) is 56.5 Å². The van der Waals surface area contributed by atoms with Crippen LogP contribution >= 0.6 is 11.6 Å². The first-order chi connectivity index (χ1) is 13.0. The highest BCUT2D eigenvalue weighted by molar-refractivity contribution is 7.89. The number of sulfonamides is 1. The van der Waals surface area contributed by atoms with Crippen molar-refractivity contribution in [2.75, 3.05) is 51.6 Å². The molecule has 0 spiro atoms. The molecule has 2 heterocycles. The first-order valence-electron chi connectivity index (χ1n) is 9.31. The van der Waals surface area contributed by atoms with Crippen molar-refractivity contribution >= 4 is 27.5 Å². The van der Waals surface area contributed by atoms with E-state index in [9.17, 15) is 13.2 Å². The van der Waals surface area contributed by atoms with Gasteiger partial charge in [-0.05, 0) is 31.0 Å². The van der Waals surface area contributed by atoms with Crippen LogP contribution in [0, 0.1) is 0 Å². The number of hydrogen-bond acceptors (Lipinski definition) is 5. The molecule has 1 unspecified atom stereocenters. The summed E-state index contributed by atoms with van der Waals surface area (Å²) in [5.41, 5.74) is 0.458. The van der Waals surface area contributed by atoms with Crippen LogP contribution in [0.15, 0.2) is 24.3 Å². The molecule has 7 nitrogen and oxygen atoms in total. The minimum absolute atomic E-state index is 0.0463. The van der Waals surface area contributed by atoms with Gasteiger partial charge in [0.25, 0.3) is 5.91 Å². The number of ether oxygens (including phenoxy) is 1. The Kier molecular flexibility index (Phi) is 7.10. The molecule has 1 aromatic rings. The zero-order valence-corrected chi connectivity index (χ0v) is 16.8. The fourth-order valence-corrected chi connectivity index (χ4v) is 5.03. The Hall–Kier alpha value is -1.19. The maximum atomic E-state index is 13.0. The van der Waals surface area contributed by atoms with Gasteiger partial charge in [0.1, 0.15) is 0 Å². The normalized spacial score (nSPS) is 21.3. The Morgan fingerprint density at radius 1 is 1.33 bits per heavy atom. The van der Waals surface area contributed by atoms with Crippen molar-refractivity contribution in [3.8, 4) is 0 Å². The van der Waals surface area contributed by atoms with E-state index in [-0.39, 0.29) is 24.3 Å². The van der Waals surface area contributed by atoms with Crippen LogP contribution in [0.5, 0.6) is 0 Å². The average Bonchev–Trinajstić information content (AvgIpc) is 3.18. The van der Waals surface area contributed by atoms with Gasteiger partial charge in [0.15, 0.2) is 0 Å². The second kappa shape index (κ2) is 9.34. The van der Waals surface area contributed by atoms with E-state index in [1.807, 2.05) is 0 Å². The first kappa shape index (κ1) is 20.5. The van der Waals surface area contributed by atoms with E-state index in [2.05, 4.69) is 5.32 Å².